The van der Waals surface area contributed by atoms with Gasteiger partial charge in [-0.25, -0.2) is 0 Å². The second-order valence-corrected chi connectivity index (χ2v) is 5.45. The zero-order chi connectivity index (χ0) is 10.1. The van der Waals surface area contributed by atoms with E-state index in [-0.39, 0.29) is 0 Å². The molecule has 2 aliphatic heterocycles. The first kappa shape index (κ1) is 9.55. The van der Waals surface area contributed by atoms with E-state index in [1.165, 1.54) is 43.6 Å². The van der Waals surface area contributed by atoms with Gasteiger partial charge in [0.15, 0.2) is 0 Å². The molecule has 0 saturated carbocycles. The number of nitrogens with zero attached hydrogens (tertiary/aromatic N) is 2. The average Bonchev–Trinajstić information content (AvgIpc) is 2.91. The van der Waals surface area contributed by atoms with Crippen LogP contribution in [-0.4, -0.2) is 28.5 Å². The Morgan fingerprint density at radius 1 is 1.33 bits per heavy atom. The quantitative estimate of drug-likeness (QED) is 0.762. The van der Waals surface area contributed by atoms with Gasteiger partial charge in [0.2, 0.25) is 0 Å². The summed E-state index contributed by atoms with van der Waals surface area (Å²) in [4.78, 5) is 8.04. The van der Waals surface area contributed by atoms with Crippen molar-refractivity contribution in [2.75, 3.05) is 13.1 Å². The molecule has 3 heterocycles. The van der Waals surface area contributed by atoms with Crippen molar-refractivity contribution in [1.29, 1.82) is 0 Å². The molecule has 2 aliphatic rings. The molecule has 2 nitrogen and oxygen atoms in total. The van der Waals surface area contributed by atoms with E-state index in [1.54, 1.807) is 11.3 Å². The number of fused-ring (bicyclic) bond motifs is 1. The Balaban J connectivity index is 1.81. The van der Waals surface area contributed by atoms with Crippen LogP contribution in [0.3, 0.4) is 0 Å². The van der Waals surface area contributed by atoms with E-state index in [4.69, 9.17) is 0 Å². The summed E-state index contributed by atoms with van der Waals surface area (Å²) >= 11 is 1.72. The number of hydrogen-bond acceptors (Lipinski definition) is 3. The van der Waals surface area contributed by atoms with Gasteiger partial charge in [0.25, 0.3) is 0 Å². The molecule has 0 N–H and O–H groups in total. The fraction of sp³-hybridized carbons (Fsp3) is 0.583. The predicted molar refractivity (Wildman–Crippen MR) is 63.9 cm³/mol. The van der Waals surface area contributed by atoms with Crippen LogP contribution < -0.4 is 0 Å². The molecule has 0 unspecified atom stereocenters. The third-order valence-electron chi connectivity index (χ3n) is 3.71. The summed E-state index contributed by atoms with van der Waals surface area (Å²) in [7, 11) is 0. The van der Waals surface area contributed by atoms with Gasteiger partial charge in [-0.05, 0) is 44.8 Å². The molecule has 0 amide bonds. The number of aromatic nitrogens is 1. The Kier molecular flexibility index (Phi) is 2.37. The lowest BCUT2D eigenvalue weighted by Crippen LogP contribution is -2.35. The van der Waals surface area contributed by atoms with E-state index in [9.17, 15) is 0 Å². The van der Waals surface area contributed by atoms with E-state index in [0.29, 0.717) is 5.54 Å². The van der Waals surface area contributed by atoms with Gasteiger partial charge in [0.1, 0.15) is 0 Å². The van der Waals surface area contributed by atoms with Gasteiger partial charge in [-0.3, -0.25) is 9.88 Å². The Labute approximate surface area is 94.6 Å². The van der Waals surface area contributed by atoms with Crippen molar-refractivity contribution in [2.45, 2.75) is 31.2 Å². The minimum absolute atomic E-state index is 0.407. The Morgan fingerprint density at radius 2 is 2.13 bits per heavy atom. The molecule has 3 rings (SSSR count). The first-order chi connectivity index (χ1) is 7.39. The topological polar surface area (TPSA) is 16.1 Å². The van der Waals surface area contributed by atoms with E-state index < -0.39 is 0 Å². The molecule has 0 atom stereocenters. The predicted octanol–water partition coefficient (Wildman–Crippen LogP) is 2.78. The standard InChI is InChI=1S/C12H16N2S/c1-4-12(5-2-8-14(12)7-1)6-3-11-9-13-10-15-11/h3,6,9-10H,1-2,4-5,7-8H2/b6-3-. The van der Waals surface area contributed by atoms with Crippen LogP contribution >= 0.6 is 11.3 Å². The summed E-state index contributed by atoms with van der Waals surface area (Å²) in [5, 5.41) is 0. The maximum absolute atomic E-state index is 4.10. The highest BCUT2D eigenvalue weighted by Gasteiger charge is 2.41. The summed E-state index contributed by atoms with van der Waals surface area (Å²) in [5.74, 6) is 0. The number of thiazole rings is 1. The molecule has 2 saturated heterocycles. The normalized spacial score (nSPS) is 25.1. The van der Waals surface area contributed by atoms with Crippen molar-refractivity contribution in [1.82, 2.24) is 9.88 Å². The van der Waals surface area contributed by atoms with Crippen molar-refractivity contribution < 1.29 is 0 Å². The summed E-state index contributed by atoms with van der Waals surface area (Å²) in [6, 6.07) is 0. The molecule has 0 aliphatic carbocycles. The largest absolute Gasteiger partial charge is 0.294 e. The lowest BCUT2D eigenvalue weighted by Gasteiger charge is -2.28. The van der Waals surface area contributed by atoms with Crippen LogP contribution in [0.4, 0.5) is 0 Å². The van der Waals surface area contributed by atoms with Crippen LogP contribution in [0.15, 0.2) is 17.8 Å². The maximum Gasteiger partial charge on any atom is 0.0797 e. The van der Waals surface area contributed by atoms with Gasteiger partial charge in [-0.1, -0.05) is 6.08 Å². The van der Waals surface area contributed by atoms with Gasteiger partial charge in [0, 0.05) is 16.6 Å². The molecule has 1 aromatic rings. The molecule has 15 heavy (non-hydrogen) atoms. The Bertz CT molecular complexity index is 346. The third kappa shape index (κ3) is 1.64. The van der Waals surface area contributed by atoms with Crippen LogP contribution in [0.1, 0.15) is 30.6 Å². The summed E-state index contributed by atoms with van der Waals surface area (Å²) in [6.07, 6.45) is 12.1. The molecule has 0 bridgehead atoms. The molecule has 0 aromatic carbocycles. The summed E-state index contributed by atoms with van der Waals surface area (Å²) in [5.41, 5.74) is 2.31. The molecule has 80 valence electrons. The Hall–Kier alpha value is -0.670. The monoisotopic (exact) mass is 220 g/mol. The maximum atomic E-state index is 4.10. The lowest BCUT2D eigenvalue weighted by molar-refractivity contribution is 0.251. The van der Waals surface area contributed by atoms with Crippen LogP contribution in [-0.2, 0) is 0 Å². The third-order valence-corrected chi connectivity index (χ3v) is 4.46. The number of rotatable bonds is 2. The van der Waals surface area contributed by atoms with E-state index in [1.807, 2.05) is 11.7 Å². The van der Waals surface area contributed by atoms with Crippen LogP contribution in [0.2, 0.25) is 0 Å². The molecular weight excluding hydrogens is 204 g/mol. The minimum Gasteiger partial charge on any atom is -0.294 e. The highest BCUT2D eigenvalue weighted by atomic mass is 32.1. The van der Waals surface area contributed by atoms with Gasteiger partial charge < -0.3 is 0 Å². The van der Waals surface area contributed by atoms with E-state index in [0.717, 1.165) is 0 Å². The zero-order valence-electron chi connectivity index (χ0n) is 8.85. The minimum atomic E-state index is 0.407. The average molecular weight is 220 g/mol. The molecule has 1 aromatic heterocycles. The second-order valence-electron chi connectivity index (χ2n) is 4.53. The van der Waals surface area contributed by atoms with Crippen molar-refractivity contribution >= 4 is 17.4 Å². The van der Waals surface area contributed by atoms with Gasteiger partial charge >= 0.3 is 0 Å². The van der Waals surface area contributed by atoms with Crippen LogP contribution in [0.5, 0.6) is 0 Å². The summed E-state index contributed by atoms with van der Waals surface area (Å²) < 4.78 is 0. The molecule has 3 heteroatoms. The lowest BCUT2D eigenvalue weighted by atomic mass is 9.93. The van der Waals surface area contributed by atoms with Crippen molar-refractivity contribution in [3.63, 3.8) is 0 Å². The fourth-order valence-corrected chi connectivity index (χ4v) is 3.48. The zero-order valence-corrected chi connectivity index (χ0v) is 9.67. The molecule has 2 fully saturated rings. The SMILES string of the molecule is C(=C/C12CCCN1CCC2)/c1cncs1. The second kappa shape index (κ2) is 3.72. The van der Waals surface area contributed by atoms with Crippen molar-refractivity contribution in [2.24, 2.45) is 0 Å². The highest BCUT2D eigenvalue weighted by Crippen LogP contribution is 2.40. The highest BCUT2D eigenvalue weighted by molar-refractivity contribution is 7.10. The van der Waals surface area contributed by atoms with Gasteiger partial charge in [0.05, 0.1) is 5.51 Å². The molecule has 0 spiro atoms. The van der Waals surface area contributed by atoms with E-state index in [2.05, 4.69) is 22.0 Å². The Morgan fingerprint density at radius 3 is 2.80 bits per heavy atom. The van der Waals surface area contributed by atoms with Gasteiger partial charge in [-0.15, -0.1) is 11.3 Å². The molecule has 0 radical (unpaired) electrons. The fourth-order valence-electron chi connectivity index (χ4n) is 2.97. The first-order valence-corrected chi connectivity index (χ1v) is 6.60. The number of hydrogen-bond donors (Lipinski definition) is 0. The van der Waals surface area contributed by atoms with Gasteiger partial charge in [-0.2, -0.15) is 0 Å². The smallest absolute Gasteiger partial charge is 0.0797 e. The van der Waals surface area contributed by atoms with Crippen molar-refractivity contribution in [3.05, 3.63) is 22.7 Å². The van der Waals surface area contributed by atoms with Crippen LogP contribution in [0.25, 0.3) is 6.08 Å². The van der Waals surface area contributed by atoms with Crippen LogP contribution in [0, 0.1) is 0 Å². The van der Waals surface area contributed by atoms with Crippen molar-refractivity contribution in [3.8, 4) is 0 Å². The van der Waals surface area contributed by atoms with E-state index >= 15 is 0 Å². The first-order valence-electron chi connectivity index (χ1n) is 5.72. The molecular formula is C12H16N2S. The summed E-state index contributed by atoms with van der Waals surface area (Å²) in [6.45, 7) is 2.60.